The number of rotatable bonds is 9. The maximum atomic E-state index is 12.0. The van der Waals surface area contributed by atoms with E-state index in [9.17, 15) is 14.4 Å². The predicted molar refractivity (Wildman–Crippen MR) is 100 cm³/mol. The quantitative estimate of drug-likeness (QED) is 0.519. The number of H-pyrrole nitrogens is 2. The lowest BCUT2D eigenvalue weighted by molar-refractivity contribution is -0.143. The third-order valence-electron chi connectivity index (χ3n) is 4.44. The summed E-state index contributed by atoms with van der Waals surface area (Å²) in [5, 5.41) is 0. The van der Waals surface area contributed by atoms with Crippen LogP contribution in [0.4, 0.5) is 0 Å². The van der Waals surface area contributed by atoms with Gasteiger partial charge in [-0.15, -0.1) is 0 Å². The fourth-order valence-electron chi connectivity index (χ4n) is 3.12. The number of esters is 2. The second-order valence-electron chi connectivity index (χ2n) is 6.27. The van der Waals surface area contributed by atoms with E-state index in [-0.39, 0.29) is 18.4 Å². The molecule has 0 atom stereocenters. The summed E-state index contributed by atoms with van der Waals surface area (Å²) in [6.45, 7) is 7.86. The van der Waals surface area contributed by atoms with Crippen molar-refractivity contribution < 1.29 is 23.9 Å². The molecule has 2 rings (SSSR count). The SMILES string of the molecule is CCOC(=O)CCc1c(Cc2cc(C(=O)OCC)c(C)[nH]2)[nH]c(C=O)c1C. The number of carbonyl (C=O) groups is 3. The molecule has 0 aliphatic heterocycles. The molecule has 7 heteroatoms. The molecule has 7 nitrogen and oxygen atoms in total. The van der Waals surface area contributed by atoms with Crippen molar-refractivity contribution in [1.29, 1.82) is 0 Å². The molecule has 2 N–H and O–H groups in total. The molecule has 146 valence electrons. The lowest BCUT2D eigenvalue weighted by atomic mass is 10.0. The van der Waals surface area contributed by atoms with E-state index in [0.717, 1.165) is 34.5 Å². The van der Waals surface area contributed by atoms with Crippen LogP contribution in [-0.4, -0.2) is 41.4 Å². The summed E-state index contributed by atoms with van der Waals surface area (Å²) in [4.78, 5) is 41.3. The molecular weight excluding hydrogens is 348 g/mol. The van der Waals surface area contributed by atoms with E-state index in [1.807, 2.05) is 13.8 Å². The predicted octanol–water partition coefficient (Wildman–Crippen LogP) is 3.04. The Hall–Kier alpha value is -2.83. The minimum absolute atomic E-state index is 0.246. The highest BCUT2D eigenvalue weighted by Crippen LogP contribution is 2.23. The summed E-state index contributed by atoms with van der Waals surface area (Å²) >= 11 is 0. The van der Waals surface area contributed by atoms with Crippen LogP contribution in [0.2, 0.25) is 0 Å². The van der Waals surface area contributed by atoms with Crippen LogP contribution in [0.15, 0.2) is 6.07 Å². The van der Waals surface area contributed by atoms with Gasteiger partial charge in [-0.25, -0.2) is 4.79 Å². The Labute approximate surface area is 158 Å². The van der Waals surface area contributed by atoms with E-state index in [2.05, 4.69) is 9.97 Å². The molecule has 0 bridgehead atoms. The summed E-state index contributed by atoms with van der Waals surface area (Å²) in [7, 11) is 0. The highest BCUT2D eigenvalue weighted by Gasteiger charge is 2.18. The first kappa shape index (κ1) is 20.5. The second kappa shape index (κ2) is 9.21. The van der Waals surface area contributed by atoms with Crippen LogP contribution < -0.4 is 0 Å². The molecule has 0 amide bonds. The van der Waals surface area contributed by atoms with Gasteiger partial charge in [0.2, 0.25) is 0 Å². The van der Waals surface area contributed by atoms with Gasteiger partial charge in [-0.05, 0) is 51.3 Å². The number of ether oxygens (including phenoxy) is 2. The molecule has 0 aliphatic rings. The largest absolute Gasteiger partial charge is 0.466 e. The number of carbonyl (C=O) groups excluding carboxylic acids is 3. The van der Waals surface area contributed by atoms with Gasteiger partial charge in [0, 0.05) is 29.9 Å². The number of aromatic amines is 2. The van der Waals surface area contributed by atoms with Gasteiger partial charge < -0.3 is 19.4 Å². The standard InChI is InChI=1S/C20H26N2O5/c1-5-26-19(24)8-7-15-12(3)18(11-23)22-17(15)10-14-9-16(13(4)21-14)20(25)27-6-2/h9,11,21-22H,5-8,10H2,1-4H3. The zero-order chi connectivity index (χ0) is 20.0. The average Bonchev–Trinajstić information content (AvgIpc) is 3.13. The van der Waals surface area contributed by atoms with Gasteiger partial charge in [0.25, 0.3) is 0 Å². The molecule has 0 saturated carbocycles. The van der Waals surface area contributed by atoms with E-state index in [1.165, 1.54) is 0 Å². The van der Waals surface area contributed by atoms with Crippen molar-refractivity contribution in [3.05, 3.63) is 45.5 Å². The molecule has 2 aromatic heterocycles. The summed E-state index contributed by atoms with van der Waals surface area (Å²) in [6, 6.07) is 1.76. The number of aryl methyl sites for hydroxylation is 1. The fourth-order valence-corrected chi connectivity index (χ4v) is 3.12. The maximum absolute atomic E-state index is 12.0. The molecule has 0 fully saturated rings. The number of aromatic nitrogens is 2. The van der Waals surface area contributed by atoms with Crippen LogP contribution in [0.3, 0.4) is 0 Å². The van der Waals surface area contributed by atoms with Crippen LogP contribution in [-0.2, 0) is 27.1 Å². The van der Waals surface area contributed by atoms with E-state index in [0.29, 0.717) is 37.3 Å². The van der Waals surface area contributed by atoms with Gasteiger partial charge in [0.1, 0.15) is 0 Å². The number of hydrogen-bond donors (Lipinski definition) is 2. The third kappa shape index (κ3) is 4.87. The molecule has 0 saturated heterocycles. The van der Waals surface area contributed by atoms with Crippen molar-refractivity contribution in [1.82, 2.24) is 9.97 Å². The first-order valence-corrected chi connectivity index (χ1v) is 9.07. The van der Waals surface area contributed by atoms with Crippen molar-refractivity contribution in [3.63, 3.8) is 0 Å². The molecule has 0 unspecified atom stereocenters. The summed E-state index contributed by atoms with van der Waals surface area (Å²) in [6.07, 6.45) is 1.98. The smallest absolute Gasteiger partial charge is 0.339 e. The Morgan fingerprint density at radius 1 is 1.11 bits per heavy atom. The van der Waals surface area contributed by atoms with E-state index < -0.39 is 0 Å². The average molecular weight is 374 g/mol. The molecular formula is C20H26N2O5. The summed E-state index contributed by atoms with van der Waals surface area (Å²) in [5.74, 6) is -0.631. The first-order valence-electron chi connectivity index (χ1n) is 9.07. The van der Waals surface area contributed by atoms with Crippen molar-refractivity contribution in [3.8, 4) is 0 Å². The lowest BCUT2D eigenvalue weighted by Gasteiger charge is -2.05. The van der Waals surface area contributed by atoms with Crippen LogP contribution in [0, 0.1) is 13.8 Å². The Morgan fingerprint density at radius 3 is 2.44 bits per heavy atom. The minimum Gasteiger partial charge on any atom is -0.466 e. The number of hydrogen-bond acceptors (Lipinski definition) is 5. The molecule has 0 radical (unpaired) electrons. The highest BCUT2D eigenvalue weighted by atomic mass is 16.5. The highest BCUT2D eigenvalue weighted by molar-refractivity contribution is 5.91. The van der Waals surface area contributed by atoms with Crippen molar-refractivity contribution in [2.45, 2.75) is 47.0 Å². The maximum Gasteiger partial charge on any atom is 0.339 e. The molecule has 27 heavy (non-hydrogen) atoms. The van der Waals surface area contributed by atoms with Gasteiger partial charge in [0.05, 0.1) is 24.5 Å². The van der Waals surface area contributed by atoms with Gasteiger partial charge >= 0.3 is 11.9 Å². The first-order chi connectivity index (χ1) is 12.9. The molecule has 0 spiro atoms. The lowest BCUT2D eigenvalue weighted by Crippen LogP contribution is -2.06. The van der Waals surface area contributed by atoms with Gasteiger partial charge in [-0.2, -0.15) is 0 Å². The zero-order valence-corrected chi connectivity index (χ0v) is 16.2. The molecule has 0 aromatic carbocycles. The van der Waals surface area contributed by atoms with Crippen molar-refractivity contribution in [2.24, 2.45) is 0 Å². The molecule has 2 aromatic rings. The van der Waals surface area contributed by atoms with E-state index in [1.54, 1.807) is 19.9 Å². The van der Waals surface area contributed by atoms with Crippen molar-refractivity contribution in [2.75, 3.05) is 13.2 Å². The van der Waals surface area contributed by atoms with Gasteiger partial charge in [-0.3, -0.25) is 9.59 Å². The van der Waals surface area contributed by atoms with Crippen LogP contribution in [0.25, 0.3) is 0 Å². The molecule has 2 heterocycles. The van der Waals surface area contributed by atoms with Gasteiger partial charge in [-0.1, -0.05) is 0 Å². The number of nitrogens with one attached hydrogen (secondary N) is 2. The normalized spacial score (nSPS) is 10.7. The summed E-state index contributed by atoms with van der Waals surface area (Å²) in [5.41, 5.74) is 5.16. The topological polar surface area (TPSA) is 101 Å². The van der Waals surface area contributed by atoms with Crippen molar-refractivity contribution >= 4 is 18.2 Å². The van der Waals surface area contributed by atoms with Crippen LogP contribution in [0.5, 0.6) is 0 Å². The third-order valence-corrected chi connectivity index (χ3v) is 4.44. The Balaban J connectivity index is 2.25. The Morgan fingerprint density at radius 2 is 1.81 bits per heavy atom. The fraction of sp³-hybridized carbons (Fsp3) is 0.450. The Kier molecular flexibility index (Phi) is 6.98. The number of aldehydes is 1. The van der Waals surface area contributed by atoms with E-state index >= 15 is 0 Å². The zero-order valence-electron chi connectivity index (χ0n) is 16.2. The summed E-state index contributed by atoms with van der Waals surface area (Å²) < 4.78 is 10.0. The minimum atomic E-state index is -0.365. The molecule has 0 aliphatic carbocycles. The Bertz CT molecular complexity index is 832. The van der Waals surface area contributed by atoms with Crippen LogP contribution >= 0.6 is 0 Å². The second-order valence-corrected chi connectivity index (χ2v) is 6.27. The van der Waals surface area contributed by atoms with Crippen LogP contribution in [0.1, 0.15) is 69.3 Å². The van der Waals surface area contributed by atoms with Gasteiger partial charge in [0.15, 0.2) is 6.29 Å². The monoisotopic (exact) mass is 374 g/mol. The van der Waals surface area contributed by atoms with E-state index in [4.69, 9.17) is 9.47 Å².